The Morgan fingerprint density at radius 2 is 2.38 bits per heavy atom. The zero-order valence-corrected chi connectivity index (χ0v) is 6.82. The Morgan fingerprint density at radius 3 is 2.50 bits per heavy atom. The van der Waals surface area contributed by atoms with Crippen LogP contribution >= 0.6 is 24.0 Å². The van der Waals surface area contributed by atoms with Crippen LogP contribution in [0.1, 0.15) is 0 Å². The molecule has 0 saturated heterocycles. The molecular formula is C4H7NNiS2. The van der Waals surface area contributed by atoms with Gasteiger partial charge in [-0.2, -0.15) is 0 Å². The fourth-order valence-electron chi connectivity index (χ4n) is 0.141. The van der Waals surface area contributed by atoms with Crippen molar-refractivity contribution in [1.82, 2.24) is 0 Å². The Hall–Kier alpha value is 0.474. The van der Waals surface area contributed by atoms with Crippen LogP contribution in [0.3, 0.4) is 0 Å². The van der Waals surface area contributed by atoms with E-state index in [-0.39, 0.29) is 16.5 Å². The molecule has 0 saturated carbocycles. The number of hydrogen-bond acceptors (Lipinski definition) is 2. The summed E-state index contributed by atoms with van der Waals surface area (Å²) < 4.78 is 0.486. The molecule has 0 atom stereocenters. The third-order valence-corrected chi connectivity index (χ3v) is 1.38. The predicted octanol–water partition coefficient (Wildman–Crippen LogP) is 1.15. The van der Waals surface area contributed by atoms with Gasteiger partial charge in [0.15, 0.2) is 0 Å². The van der Waals surface area contributed by atoms with Crippen molar-refractivity contribution in [2.24, 2.45) is 5.73 Å². The van der Waals surface area contributed by atoms with Gasteiger partial charge in [0.2, 0.25) is 0 Å². The van der Waals surface area contributed by atoms with E-state index in [4.69, 9.17) is 5.73 Å². The van der Waals surface area contributed by atoms with Gasteiger partial charge in [-0.05, 0) is 0 Å². The molecule has 4 heteroatoms. The van der Waals surface area contributed by atoms with Crippen LogP contribution in [-0.4, -0.2) is 10.1 Å². The number of thioether (sulfide) groups is 1. The summed E-state index contributed by atoms with van der Waals surface area (Å²) in [5, 5.41) is 0. The number of nitrogens with two attached hydrogens (primary N) is 1. The molecule has 0 aliphatic carbocycles. The summed E-state index contributed by atoms with van der Waals surface area (Å²) in [5.74, 6) is 0.815. The van der Waals surface area contributed by atoms with Gasteiger partial charge >= 0.3 is 0 Å². The van der Waals surface area contributed by atoms with Crippen LogP contribution in [0.5, 0.6) is 0 Å². The molecule has 0 radical (unpaired) electrons. The minimum absolute atomic E-state index is 0. The molecule has 2 N–H and O–H groups in total. The summed E-state index contributed by atoms with van der Waals surface area (Å²) in [7, 11) is 0. The second-order valence-electron chi connectivity index (χ2n) is 0.919. The predicted molar refractivity (Wildman–Crippen MR) is 39.4 cm³/mol. The van der Waals surface area contributed by atoms with E-state index in [1.54, 1.807) is 6.08 Å². The third-order valence-electron chi connectivity index (χ3n) is 0.343. The van der Waals surface area contributed by atoms with Crippen molar-refractivity contribution in [1.29, 1.82) is 0 Å². The second-order valence-corrected chi connectivity index (χ2v) is 2.68. The Morgan fingerprint density at radius 1 is 1.88 bits per heavy atom. The summed E-state index contributed by atoms with van der Waals surface area (Å²) in [6.45, 7) is 3.50. The van der Waals surface area contributed by atoms with Crippen LogP contribution in [0, 0.1) is 0 Å². The smallest absolute Gasteiger partial charge is 0.131 e. The van der Waals surface area contributed by atoms with Gasteiger partial charge in [0.25, 0.3) is 0 Å². The van der Waals surface area contributed by atoms with E-state index < -0.39 is 0 Å². The van der Waals surface area contributed by atoms with Gasteiger partial charge in [-0.25, -0.2) is 0 Å². The molecule has 0 bridgehead atoms. The first-order valence-electron chi connectivity index (χ1n) is 1.80. The number of thiocarbonyl (C=S) groups is 1. The molecule has 0 rings (SSSR count). The molecule has 0 aromatic carbocycles. The van der Waals surface area contributed by atoms with Gasteiger partial charge in [0.05, 0.1) is 0 Å². The molecule has 0 amide bonds. The molecule has 0 aromatic rings. The van der Waals surface area contributed by atoms with Crippen molar-refractivity contribution in [2.75, 3.05) is 5.75 Å². The van der Waals surface area contributed by atoms with E-state index in [1.807, 2.05) is 0 Å². The van der Waals surface area contributed by atoms with E-state index in [1.165, 1.54) is 11.8 Å². The second kappa shape index (κ2) is 7.47. The molecule has 1 nitrogen and oxygen atoms in total. The average Bonchev–Trinajstić information content (AvgIpc) is 1.61. The topological polar surface area (TPSA) is 26.0 Å². The zero-order valence-electron chi connectivity index (χ0n) is 4.20. The van der Waals surface area contributed by atoms with Crippen molar-refractivity contribution in [3.63, 3.8) is 0 Å². The van der Waals surface area contributed by atoms with Gasteiger partial charge in [0, 0.05) is 22.2 Å². The van der Waals surface area contributed by atoms with Crippen LogP contribution in [0.15, 0.2) is 12.7 Å². The van der Waals surface area contributed by atoms with Gasteiger partial charge in [-0.15, -0.1) is 6.58 Å². The van der Waals surface area contributed by atoms with Crippen molar-refractivity contribution >= 4 is 28.3 Å². The molecule has 0 aliphatic heterocycles. The van der Waals surface area contributed by atoms with Crippen LogP contribution < -0.4 is 5.73 Å². The summed E-state index contributed by atoms with van der Waals surface area (Å²) in [4.78, 5) is 0. The summed E-state index contributed by atoms with van der Waals surface area (Å²) in [6.07, 6.45) is 1.77. The number of rotatable bonds is 2. The van der Waals surface area contributed by atoms with Gasteiger partial charge in [0.1, 0.15) is 4.32 Å². The molecule has 0 aliphatic rings. The SMILES string of the molecule is C=CCSC(N)=S.[Ni]. The first-order valence-corrected chi connectivity index (χ1v) is 3.20. The van der Waals surface area contributed by atoms with Crippen LogP contribution in [0.2, 0.25) is 0 Å². The standard InChI is InChI=1S/C4H7NS2.Ni/c1-2-3-7-4(5)6;/h2H,1,3H2,(H2,5,6);. The zero-order chi connectivity index (χ0) is 5.70. The Balaban J connectivity index is 0. The van der Waals surface area contributed by atoms with Crippen LogP contribution in [-0.2, 0) is 16.5 Å². The molecule has 8 heavy (non-hydrogen) atoms. The fraction of sp³-hybridized carbons (Fsp3) is 0.250. The minimum Gasteiger partial charge on any atom is -0.385 e. The maximum atomic E-state index is 5.13. The largest absolute Gasteiger partial charge is 0.385 e. The molecule has 0 aromatic heterocycles. The van der Waals surface area contributed by atoms with Crippen LogP contribution in [0.4, 0.5) is 0 Å². The monoisotopic (exact) mass is 191 g/mol. The summed E-state index contributed by atoms with van der Waals surface area (Å²) >= 11 is 5.98. The van der Waals surface area contributed by atoms with Gasteiger partial charge < -0.3 is 5.73 Å². The maximum absolute atomic E-state index is 5.13. The average molecular weight is 192 g/mol. The van der Waals surface area contributed by atoms with E-state index in [9.17, 15) is 0 Å². The molecule has 0 fully saturated rings. The molecule has 0 unspecified atom stereocenters. The minimum atomic E-state index is 0. The quantitative estimate of drug-likeness (QED) is 0.403. The molecular weight excluding hydrogens is 185 g/mol. The van der Waals surface area contributed by atoms with Crippen molar-refractivity contribution in [2.45, 2.75) is 0 Å². The first kappa shape index (κ1) is 11.3. The van der Waals surface area contributed by atoms with Gasteiger partial charge in [-0.1, -0.05) is 30.1 Å². The van der Waals surface area contributed by atoms with E-state index in [0.29, 0.717) is 4.32 Å². The number of hydrogen-bond donors (Lipinski definition) is 1. The van der Waals surface area contributed by atoms with Crippen molar-refractivity contribution in [3.8, 4) is 0 Å². The third kappa shape index (κ3) is 9.69. The van der Waals surface area contributed by atoms with E-state index in [2.05, 4.69) is 18.8 Å². The van der Waals surface area contributed by atoms with Gasteiger partial charge in [-0.3, -0.25) is 0 Å². The molecule has 0 spiro atoms. The van der Waals surface area contributed by atoms with Crippen molar-refractivity contribution < 1.29 is 16.5 Å². The fourth-order valence-corrected chi connectivity index (χ4v) is 0.627. The summed E-state index contributed by atoms with van der Waals surface area (Å²) in [6, 6.07) is 0. The Kier molecular flexibility index (Phi) is 10.6. The normalized spacial score (nSPS) is 7.00. The van der Waals surface area contributed by atoms with E-state index >= 15 is 0 Å². The van der Waals surface area contributed by atoms with Crippen LogP contribution in [0.25, 0.3) is 0 Å². The Bertz CT molecular complexity index is 84.1. The first-order chi connectivity index (χ1) is 3.27. The van der Waals surface area contributed by atoms with Crippen molar-refractivity contribution in [3.05, 3.63) is 12.7 Å². The van der Waals surface area contributed by atoms with E-state index in [0.717, 1.165) is 5.75 Å². The maximum Gasteiger partial charge on any atom is 0.131 e. The molecule has 50 valence electrons. The molecule has 0 heterocycles. The summed E-state index contributed by atoms with van der Waals surface area (Å²) in [5.41, 5.74) is 5.13. The Labute approximate surface area is 69.0 Å².